The lowest BCUT2D eigenvalue weighted by atomic mass is 9.71. The molecule has 1 atom stereocenters. The van der Waals surface area contributed by atoms with Crippen LogP contribution in [0.4, 0.5) is 4.79 Å². The van der Waals surface area contributed by atoms with Gasteiger partial charge in [-0.3, -0.25) is 4.57 Å². The number of imidazole rings is 1. The molecule has 29 heavy (non-hydrogen) atoms. The molecule has 0 aliphatic heterocycles. The first-order chi connectivity index (χ1) is 13.2. The van der Waals surface area contributed by atoms with Crippen LogP contribution < -0.4 is 11.0 Å². The van der Waals surface area contributed by atoms with E-state index in [0.717, 1.165) is 4.57 Å². The van der Waals surface area contributed by atoms with E-state index < -0.39 is 22.7 Å². The maximum atomic E-state index is 13.2. The van der Waals surface area contributed by atoms with Gasteiger partial charge in [-0.05, 0) is 37.8 Å². The molecule has 2 aromatic rings. The van der Waals surface area contributed by atoms with Gasteiger partial charge < -0.3 is 15.5 Å². The van der Waals surface area contributed by atoms with E-state index in [1.807, 2.05) is 40.7 Å². The molecule has 1 aromatic heterocycles. The van der Waals surface area contributed by atoms with Gasteiger partial charge in [0.1, 0.15) is 0 Å². The monoisotopic (exact) mass is 405 g/mol. The van der Waals surface area contributed by atoms with Gasteiger partial charge >= 0.3 is 11.7 Å². The quantitative estimate of drug-likeness (QED) is 0.688. The number of rotatable bonds is 6. The Kier molecular flexibility index (Phi) is 6.35. The first kappa shape index (κ1) is 23.2. The average molecular weight is 406 g/mol. The van der Waals surface area contributed by atoms with E-state index in [-0.39, 0.29) is 18.1 Å². The summed E-state index contributed by atoms with van der Waals surface area (Å²) in [6.07, 6.45) is 0.380. The molecule has 7 heteroatoms. The Morgan fingerprint density at radius 1 is 1.07 bits per heavy atom. The van der Waals surface area contributed by atoms with Crippen molar-refractivity contribution in [3.05, 3.63) is 34.7 Å². The third kappa shape index (κ3) is 5.08. The highest BCUT2D eigenvalue weighted by molar-refractivity contribution is 5.89. The Morgan fingerprint density at radius 2 is 1.62 bits per heavy atom. The normalized spacial score (nSPS) is 14.2. The van der Waals surface area contributed by atoms with Crippen molar-refractivity contribution in [2.24, 2.45) is 10.8 Å². The lowest BCUT2D eigenvalue weighted by Crippen LogP contribution is -2.55. The topological polar surface area (TPSA) is 96.5 Å². The molecule has 0 unspecified atom stereocenters. The number of carbonyl (C=O) groups is 1. The number of aromatic nitrogens is 2. The Balaban J connectivity index is 2.51. The number of aryl methyl sites for hydroxylation is 1. The van der Waals surface area contributed by atoms with Gasteiger partial charge in [0.15, 0.2) is 0 Å². The summed E-state index contributed by atoms with van der Waals surface area (Å²) >= 11 is 0. The number of hydrogen-bond acceptors (Lipinski definition) is 4. The van der Waals surface area contributed by atoms with Crippen LogP contribution in [0, 0.1) is 10.8 Å². The maximum absolute atomic E-state index is 13.2. The second-order valence-corrected chi connectivity index (χ2v) is 10.2. The molecule has 7 nitrogen and oxygen atoms in total. The summed E-state index contributed by atoms with van der Waals surface area (Å²) in [6.45, 7) is 13.3. The zero-order valence-electron chi connectivity index (χ0n) is 18.6. The van der Waals surface area contributed by atoms with Crippen molar-refractivity contribution in [1.29, 1.82) is 0 Å². The lowest BCUT2D eigenvalue weighted by molar-refractivity contribution is 0.0648. The molecule has 0 saturated carbocycles. The summed E-state index contributed by atoms with van der Waals surface area (Å²) in [7, 11) is 0. The molecule has 162 valence electrons. The number of hydrogen-bond donors (Lipinski definition) is 3. The zero-order chi connectivity index (χ0) is 22.2. The van der Waals surface area contributed by atoms with Gasteiger partial charge in [-0.2, -0.15) is 0 Å². The Hall–Kier alpha value is -2.12. The van der Waals surface area contributed by atoms with Crippen LogP contribution in [0.2, 0.25) is 0 Å². The summed E-state index contributed by atoms with van der Waals surface area (Å²) in [5, 5.41) is 22.9. The number of amides is 1. The van der Waals surface area contributed by atoms with Crippen LogP contribution in [-0.4, -0.2) is 43.6 Å². The van der Waals surface area contributed by atoms with E-state index in [1.165, 1.54) is 4.57 Å². The minimum absolute atomic E-state index is 0.0997. The van der Waals surface area contributed by atoms with Gasteiger partial charge in [-0.15, -0.1) is 0 Å². The second kappa shape index (κ2) is 7.95. The summed E-state index contributed by atoms with van der Waals surface area (Å²) in [6, 6.07) is 6.25. The summed E-state index contributed by atoms with van der Waals surface area (Å²) in [4.78, 5) is 26.4. The largest absolute Gasteiger partial charge is 0.396 e. The van der Waals surface area contributed by atoms with Crippen molar-refractivity contribution in [1.82, 2.24) is 14.5 Å². The van der Waals surface area contributed by atoms with Crippen LogP contribution >= 0.6 is 0 Å². The van der Waals surface area contributed by atoms with E-state index in [1.54, 1.807) is 32.0 Å². The number of benzene rings is 1. The van der Waals surface area contributed by atoms with Crippen LogP contribution in [0.5, 0.6) is 0 Å². The molecule has 0 bridgehead atoms. The molecule has 0 fully saturated rings. The fourth-order valence-electron chi connectivity index (χ4n) is 3.87. The van der Waals surface area contributed by atoms with Crippen molar-refractivity contribution in [2.75, 3.05) is 6.61 Å². The standard InChI is InChI=1S/C22H35N3O4/c1-20(2,3)17(21(4,5)14-26)23-18(27)25-16-11-9-8-10-15(16)24(19(25)28)13-12-22(6,7)29/h8-11,17,26,29H,12-14H2,1-7H3,(H,23,27)/t17-/m0/s1. The van der Waals surface area contributed by atoms with Gasteiger partial charge in [-0.25, -0.2) is 14.2 Å². The minimum Gasteiger partial charge on any atom is -0.396 e. The molecule has 2 rings (SSSR count). The molecule has 0 saturated heterocycles. The Bertz CT molecular complexity index is 926. The molecule has 0 spiro atoms. The second-order valence-electron chi connectivity index (χ2n) is 10.2. The maximum Gasteiger partial charge on any atom is 0.337 e. The first-order valence-corrected chi connectivity index (χ1v) is 10.0. The summed E-state index contributed by atoms with van der Waals surface area (Å²) in [5.41, 5.74) is -1.11. The molecule has 0 radical (unpaired) electrons. The average Bonchev–Trinajstić information content (AvgIpc) is 2.87. The van der Waals surface area contributed by atoms with Crippen LogP contribution in [-0.2, 0) is 6.54 Å². The number of nitrogens with zero attached hydrogens (tertiary/aromatic N) is 2. The van der Waals surface area contributed by atoms with Crippen molar-refractivity contribution in [3.63, 3.8) is 0 Å². The third-order valence-electron chi connectivity index (χ3n) is 5.31. The molecule has 0 aliphatic rings. The Labute approximate surface area is 172 Å². The minimum atomic E-state index is -0.923. The highest BCUT2D eigenvalue weighted by atomic mass is 16.3. The van der Waals surface area contributed by atoms with Crippen molar-refractivity contribution in [2.45, 2.75) is 73.1 Å². The fourth-order valence-corrected chi connectivity index (χ4v) is 3.87. The SMILES string of the molecule is CC(C)(O)CCn1c(=O)n(C(=O)N[C@@H](C(C)(C)C)C(C)(C)CO)c2ccccc21. The van der Waals surface area contributed by atoms with Gasteiger partial charge in [0.2, 0.25) is 0 Å². The smallest absolute Gasteiger partial charge is 0.337 e. The first-order valence-electron chi connectivity index (χ1n) is 10.0. The van der Waals surface area contributed by atoms with E-state index >= 15 is 0 Å². The Morgan fingerprint density at radius 3 is 2.10 bits per heavy atom. The predicted octanol–water partition coefficient (Wildman–Crippen LogP) is 2.95. The van der Waals surface area contributed by atoms with Crippen molar-refractivity contribution in [3.8, 4) is 0 Å². The number of fused-ring (bicyclic) bond motifs is 1. The van der Waals surface area contributed by atoms with Crippen LogP contribution in [0.25, 0.3) is 11.0 Å². The van der Waals surface area contributed by atoms with Gasteiger partial charge in [-0.1, -0.05) is 46.8 Å². The predicted molar refractivity (Wildman–Crippen MR) is 115 cm³/mol. The molecule has 0 aliphatic carbocycles. The molecule has 1 heterocycles. The van der Waals surface area contributed by atoms with Crippen LogP contribution in [0.3, 0.4) is 0 Å². The number of aliphatic hydroxyl groups is 2. The molecule has 1 aromatic carbocycles. The zero-order valence-corrected chi connectivity index (χ0v) is 18.6. The number of carbonyl (C=O) groups excluding carboxylic acids is 1. The fraction of sp³-hybridized carbons (Fsp3) is 0.636. The number of para-hydroxylation sites is 2. The molecular formula is C22H35N3O4. The molecule has 1 amide bonds. The van der Waals surface area contributed by atoms with Crippen LogP contribution in [0.15, 0.2) is 29.1 Å². The summed E-state index contributed by atoms with van der Waals surface area (Å²) < 4.78 is 2.67. The van der Waals surface area contributed by atoms with Crippen molar-refractivity contribution >= 4 is 17.1 Å². The number of nitrogens with one attached hydrogen (secondary N) is 1. The van der Waals surface area contributed by atoms with Gasteiger partial charge in [0.05, 0.1) is 23.2 Å². The molecule has 3 N–H and O–H groups in total. The third-order valence-corrected chi connectivity index (χ3v) is 5.31. The van der Waals surface area contributed by atoms with Crippen LogP contribution in [0.1, 0.15) is 54.9 Å². The van der Waals surface area contributed by atoms with Gasteiger partial charge in [0, 0.05) is 18.0 Å². The highest BCUT2D eigenvalue weighted by Crippen LogP contribution is 2.33. The lowest BCUT2D eigenvalue weighted by Gasteiger charge is -2.42. The summed E-state index contributed by atoms with van der Waals surface area (Å²) in [5.74, 6) is 0. The van der Waals surface area contributed by atoms with E-state index in [0.29, 0.717) is 24.0 Å². The van der Waals surface area contributed by atoms with Crippen molar-refractivity contribution < 1.29 is 15.0 Å². The number of aliphatic hydroxyl groups excluding tert-OH is 1. The van der Waals surface area contributed by atoms with E-state index in [2.05, 4.69) is 5.32 Å². The molecular weight excluding hydrogens is 370 g/mol. The van der Waals surface area contributed by atoms with E-state index in [4.69, 9.17) is 0 Å². The van der Waals surface area contributed by atoms with E-state index in [9.17, 15) is 19.8 Å². The van der Waals surface area contributed by atoms with Gasteiger partial charge in [0.25, 0.3) is 0 Å². The highest BCUT2D eigenvalue weighted by Gasteiger charge is 2.39.